The van der Waals surface area contributed by atoms with Gasteiger partial charge in [0.1, 0.15) is 0 Å². The lowest BCUT2D eigenvalue weighted by Gasteiger charge is -2.29. The Morgan fingerprint density at radius 2 is 2.04 bits per heavy atom. The smallest absolute Gasteiger partial charge is 0.0137 e. The fourth-order valence-corrected chi connectivity index (χ4v) is 5.53. The Labute approximate surface area is 163 Å². The van der Waals surface area contributed by atoms with Crippen LogP contribution in [-0.4, -0.2) is 6.54 Å². The van der Waals surface area contributed by atoms with Crippen LogP contribution in [-0.2, 0) is 0 Å². The van der Waals surface area contributed by atoms with Gasteiger partial charge in [0.2, 0.25) is 0 Å². The highest BCUT2D eigenvalue weighted by molar-refractivity contribution is 5.15. The molecule has 1 fully saturated rings. The molecule has 0 radical (unpaired) electrons. The molecule has 0 spiro atoms. The number of hydrogen-bond acceptors (Lipinski definition) is 1. The lowest BCUT2D eigenvalue weighted by atomic mass is 9.76. The van der Waals surface area contributed by atoms with Gasteiger partial charge in [0.15, 0.2) is 0 Å². The Morgan fingerprint density at radius 1 is 1.31 bits per heavy atom. The average molecular weight is 360 g/mol. The fourth-order valence-electron chi connectivity index (χ4n) is 5.53. The van der Waals surface area contributed by atoms with E-state index in [-0.39, 0.29) is 0 Å². The molecule has 0 heterocycles. The molecule has 1 heteroatoms. The molecule has 0 aromatic rings. The largest absolute Gasteiger partial charge is 0.327 e. The molecule has 26 heavy (non-hydrogen) atoms. The molecule has 2 N–H and O–H groups in total. The number of rotatable bonds is 8. The first kappa shape index (κ1) is 21.7. The van der Waals surface area contributed by atoms with Crippen LogP contribution in [0.5, 0.6) is 0 Å². The van der Waals surface area contributed by atoms with Crippen LogP contribution < -0.4 is 5.73 Å². The molecular formula is C25H45N. The molecule has 0 aromatic heterocycles. The summed E-state index contributed by atoms with van der Waals surface area (Å²) in [5.41, 5.74) is 7.97. The van der Waals surface area contributed by atoms with Crippen LogP contribution in [0.3, 0.4) is 0 Å². The normalized spacial score (nSPS) is 39.3. The second kappa shape index (κ2) is 9.58. The maximum Gasteiger partial charge on any atom is 0.0137 e. The van der Waals surface area contributed by atoms with Gasteiger partial charge in [-0.05, 0) is 79.4 Å². The van der Waals surface area contributed by atoms with Gasteiger partial charge < -0.3 is 5.73 Å². The van der Waals surface area contributed by atoms with Crippen molar-refractivity contribution in [1.82, 2.24) is 0 Å². The Kier molecular flexibility index (Phi) is 8.01. The van der Waals surface area contributed by atoms with Crippen LogP contribution in [0, 0.1) is 40.9 Å². The van der Waals surface area contributed by atoms with E-state index in [1.165, 1.54) is 50.5 Å². The molecule has 1 nitrogen and oxygen atoms in total. The molecule has 0 aliphatic heterocycles. The van der Waals surface area contributed by atoms with E-state index in [1.807, 2.05) is 0 Å². The van der Waals surface area contributed by atoms with Gasteiger partial charge in [0.25, 0.3) is 0 Å². The molecule has 1 saturated carbocycles. The molecular weight excluding hydrogens is 314 g/mol. The summed E-state index contributed by atoms with van der Waals surface area (Å²) in [7, 11) is 0. The van der Waals surface area contributed by atoms with E-state index in [1.54, 1.807) is 0 Å². The molecule has 2 aliphatic carbocycles. The highest BCUT2D eigenvalue weighted by Crippen LogP contribution is 2.53. The third kappa shape index (κ3) is 5.47. The molecule has 7 atom stereocenters. The van der Waals surface area contributed by atoms with Crippen molar-refractivity contribution in [3.8, 4) is 0 Å². The van der Waals surface area contributed by atoms with Crippen LogP contribution in [0.2, 0.25) is 0 Å². The topological polar surface area (TPSA) is 26.0 Å². The lowest BCUT2D eigenvalue weighted by Crippen LogP contribution is -2.21. The minimum atomic E-state index is 0.332. The first-order chi connectivity index (χ1) is 12.3. The maximum atomic E-state index is 6.14. The van der Waals surface area contributed by atoms with Gasteiger partial charge >= 0.3 is 0 Å². The third-order valence-electron chi connectivity index (χ3n) is 7.98. The van der Waals surface area contributed by atoms with Gasteiger partial charge in [-0.1, -0.05) is 71.8 Å². The van der Waals surface area contributed by atoms with Gasteiger partial charge in [-0.2, -0.15) is 0 Å². The van der Waals surface area contributed by atoms with Crippen LogP contribution in [0.4, 0.5) is 0 Å². The Balaban J connectivity index is 2.04. The van der Waals surface area contributed by atoms with Crippen molar-refractivity contribution in [2.24, 2.45) is 46.7 Å². The van der Waals surface area contributed by atoms with Crippen LogP contribution in [0.1, 0.15) is 86.5 Å². The molecule has 0 bridgehead atoms. The van der Waals surface area contributed by atoms with Crippen molar-refractivity contribution in [1.29, 1.82) is 0 Å². The Hall–Kier alpha value is -0.560. The van der Waals surface area contributed by atoms with Gasteiger partial charge in [0.05, 0.1) is 0 Å². The van der Waals surface area contributed by atoms with E-state index < -0.39 is 0 Å². The van der Waals surface area contributed by atoms with E-state index in [9.17, 15) is 0 Å². The summed E-state index contributed by atoms with van der Waals surface area (Å²) in [6, 6.07) is 0. The van der Waals surface area contributed by atoms with Gasteiger partial charge in [-0.25, -0.2) is 0 Å². The maximum absolute atomic E-state index is 6.14. The van der Waals surface area contributed by atoms with Crippen molar-refractivity contribution in [3.05, 3.63) is 23.8 Å². The van der Waals surface area contributed by atoms with Crippen molar-refractivity contribution in [3.63, 3.8) is 0 Å². The van der Waals surface area contributed by atoms with Crippen molar-refractivity contribution in [2.45, 2.75) is 86.5 Å². The minimum Gasteiger partial charge on any atom is -0.327 e. The summed E-state index contributed by atoms with van der Waals surface area (Å²) in [5.74, 6) is 4.92. The molecule has 0 amide bonds. The predicted octanol–water partition coefficient (Wildman–Crippen LogP) is 6.99. The van der Waals surface area contributed by atoms with E-state index in [2.05, 4.69) is 59.8 Å². The Bertz CT molecular complexity index is 490. The molecule has 7 unspecified atom stereocenters. The van der Waals surface area contributed by atoms with Crippen molar-refractivity contribution in [2.75, 3.05) is 6.54 Å². The number of hydrogen-bond donors (Lipinski definition) is 1. The summed E-state index contributed by atoms with van der Waals surface area (Å²) in [4.78, 5) is 0. The summed E-state index contributed by atoms with van der Waals surface area (Å²) < 4.78 is 0. The van der Waals surface area contributed by atoms with Crippen molar-refractivity contribution >= 4 is 0 Å². The number of allylic oxidation sites excluding steroid dienone is 3. The SMILES string of the molecule is CCC(C)CC/C(=C\C1(C)CC(CC2C=CCC(C)C2)C(C)C1C)CN. The van der Waals surface area contributed by atoms with Crippen LogP contribution in [0.25, 0.3) is 0 Å². The van der Waals surface area contributed by atoms with E-state index >= 15 is 0 Å². The number of nitrogens with two attached hydrogens (primary N) is 1. The molecule has 2 rings (SSSR count). The van der Waals surface area contributed by atoms with E-state index in [0.717, 1.165) is 42.1 Å². The molecule has 0 aromatic carbocycles. The monoisotopic (exact) mass is 359 g/mol. The Morgan fingerprint density at radius 3 is 2.65 bits per heavy atom. The fraction of sp³-hybridized carbons (Fsp3) is 0.840. The van der Waals surface area contributed by atoms with E-state index in [4.69, 9.17) is 5.73 Å². The molecule has 150 valence electrons. The van der Waals surface area contributed by atoms with Crippen LogP contribution in [0.15, 0.2) is 23.8 Å². The van der Waals surface area contributed by atoms with E-state index in [0.29, 0.717) is 5.41 Å². The predicted molar refractivity (Wildman–Crippen MR) is 116 cm³/mol. The van der Waals surface area contributed by atoms with Crippen molar-refractivity contribution < 1.29 is 0 Å². The van der Waals surface area contributed by atoms with Crippen LogP contribution >= 0.6 is 0 Å². The summed E-state index contributed by atoms with van der Waals surface area (Å²) in [6.07, 6.45) is 16.7. The lowest BCUT2D eigenvalue weighted by molar-refractivity contribution is 0.269. The minimum absolute atomic E-state index is 0.332. The highest BCUT2D eigenvalue weighted by Gasteiger charge is 2.45. The quantitative estimate of drug-likeness (QED) is 0.464. The first-order valence-corrected chi connectivity index (χ1v) is 11.4. The average Bonchev–Trinajstić information content (AvgIpc) is 2.82. The zero-order valence-electron chi connectivity index (χ0n) is 18.4. The van der Waals surface area contributed by atoms with Gasteiger partial charge in [-0.15, -0.1) is 0 Å². The standard InChI is InChI=1S/C25H45N/c1-7-18(2)11-12-23(17-26)15-25(6)16-24(20(4)21(25)5)14-22-10-8-9-19(3)13-22/h8,10,15,18-22,24H,7,9,11-14,16-17,26H2,1-6H3/b23-15+. The third-order valence-corrected chi connectivity index (χ3v) is 7.98. The van der Waals surface area contributed by atoms with Gasteiger partial charge in [-0.3, -0.25) is 0 Å². The second-order valence-corrected chi connectivity index (χ2v) is 10.2. The van der Waals surface area contributed by atoms with Gasteiger partial charge in [0, 0.05) is 6.54 Å². The zero-order chi connectivity index (χ0) is 19.3. The summed E-state index contributed by atoms with van der Waals surface area (Å²) in [5, 5.41) is 0. The molecule has 0 saturated heterocycles. The first-order valence-electron chi connectivity index (χ1n) is 11.4. The molecule has 2 aliphatic rings. The summed E-state index contributed by atoms with van der Waals surface area (Å²) >= 11 is 0. The zero-order valence-corrected chi connectivity index (χ0v) is 18.4. The second-order valence-electron chi connectivity index (χ2n) is 10.2. The summed E-state index contributed by atoms with van der Waals surface area (Å²) in [6.45, 7) is 15.3. The highest BCUT2D eigenvalue weighted by atomic mass is 14.5.